The molecule has 1 heterocycles. The maximum atomic E-state index is 14.7. The molecule has 0 spiro atoms. The number of aliphatic hydroxyl groups is 1. The zero-order valence-corrected chi connectivity index (χ0v) is 33.0. The van der Waals surface area contributed by atoms with Crippen LogP contribution in [0.2, 0.25) is 0 Å². The summed E-state index contributed by atoms with van der Waals surface area (Å²) in [7, 11) is 0. The van der Waals surface area contributed by atoms with Gasteiger partial charge in [-0.15, -0.1) is 0 Å². The fourth-order valence-electron chi connectivity index (χ4n) is 6.34. The van der Waals surface area contributed by atoms with Gasteiger partial charge in [0.15, 0.2) is 98.5 Å². The van der Waals surface area contributed by atoms with E-state index in [1.54, 1.807) is 0 Å². The first-order valence-corrected chi connectivity index (χ1v) is 18.3. The summed E-state index contributed by atoms with van der Waals surface area (Å²) in [4.78, 5) is 69.6. The normalized spacial score (nSPS) is 18.9. The lowest BCUT2D eigenvalue weighted by Gasteiger charge is -2.48. The van der Waals surface area contributed by atoms with Gasteiger partial charge < -0.3 is 105 Å². The summed E-state index contributed by atoms with van der Waals surface area (Å²) in [5.74, 6) is -26.3. The summed E-state index contributed by atoms with van der Waals surface area (Å²) >= 11 is 0. The third-order valence-corrected chi connectivity index (χ3v) is 9.74. The molecule has 0 aromatic heterocycles. The molecule has 0 saturated carbocycles. The molecule has 5 atom stereocenters. The van der Waals surface area contributed by atoms with Gasteiger partial charge in [-0.3, -0.25) is 4.79 Å². The van der Waals surface area contributed by atoms with Crippen LogP contribution in [0.15, 0.2) is 60.7 Å². The van der Waals surface area contributed by atoms with Crippen LogP contribution in [-0.2, 0) is 23.7 Å². The van der Waals surface area contributed by atoms with E-state index in [9.17, 15) is 106 Å². The summed E-state index contributed by atoms with van der Waals surface area (Å²) < 4.78 is 27.3. The van der Waals surface area contributed by atoms with Gasteiger partial charge in [0, 0.05) is 5.56 Å². The summed E-state index contributed by atoms with van der Waals surface area (Å²) in [5, 5.41) is 164. The first-order chi connectivity index (χ1) is 31.3. The SMILES string of the molecule is O=C(OC[C@H]1O[C@@H](OC(=O)c2cc(O)c(O)c(O)c2)[C@@](O)(C(=O)c2cc(O)c(O)c(O)c2)[C@@H](OC(=O)c2cc(O)c(O)c(O)c2)[C@@H]1OC(=O)c1cc(O)c(O)c(O)c1)c1cc(O)c(O)c(O)c1. The number of benzene rings is 5. The van der Waals surface area contributed by atoms with E-state index in [2.05, 4.69) is 0 Å². The van der Waals surface area contributed by atoms with Crippen molar-refractivity contribution in [2.75, 3.05) is 6.61 Å². The Morgan fingerprint density at radius 3 is 1.04 bits per heavy atom. The minimum atomic E-state index is -3.98. The number of carbonyl (C=O) groups is 5. The molecule has 26 nitrogen and oxygen atoms in total. The van der Waals surface area contributed by atoms with Gasteiger partial charge in [0.25, 0.3) is 0 Å². The molecule has 1 fully saturated rings. The highest BCUT2D eigenvalue weighted by Crippen LogP contribution is 2.44. The number of hydrogen-bond donors (Lipinski definition) is 16. The van der Waals surface area contributed by atoms with Crippen molar-refractivity contribution in [1.82, 2.24) is 0 Å². The Bertz CT molecular complexity index is 2760. The van der Waals surface area contributed by atoms with Crippen molar-refractivity contribution in [3.63, 3.8) is 0 Å². The molecular weight excluding hydrogens is 908 g/mol. The van der Waals surface area contributed by atoms with Gasteiger partial charge in [0.2, 0.25) is 17.7 Å². The zero-order valence-electron chi connectivity index (χ0n) is 33.0. The third kappa shape index (κ3) is 8.90. The Hall–Kier alpha value is -9.43. The van der Waals surface area contributed by atoms with Crippen molar-refractivity contribution in [3.05, 3.63) is 88.5 Å². The molecule has 0 amide bonds. The highest BCUT2D eigenvalue weighted by Gasteiger charge is 2.66. The van der Waals surface area contributed by atoms with Crippen molar-refractivity contribution < 1.29 is 129 Å². The lowest BCUT2D eigenvalue weighted by atomic mass is 9.80. The van der Waals surface area contributed by atoms with E-state index < -0.39 is 181 Å². The zero-order chi connectivity index (χ0) is 49.6. The molecule has 0 bridgehead atoms. The predicted octanol–water partition coefficient (Wildman–Crippen LogP) is 1.07. The maximum absolute atomic E-state index is 14.7. The maximum Gasteiger partial charge on any atom is 0.340 e. The number of hydrogen-bond acceptors (Lipinski definition) is 26. The van der Waals surface area contributed by atoms with Crippen molar-refractivity contribution in [2.24, 2.45) is 0 Å². The predicted molar refractivity (Wildman–Crippen MR) is 209 cm³/mol. The lowest BCUT2D eigenvalue weighted by molar-refractivity contribution is -0.307. The summed E-state index contributed by atoms with van der Waals surface area (Å²) in [6.07, 6.45) is -11.1. The molecule has 16 N–H and O–H groups in total. The molecule has 5 aromatic carbocycles. The first kappa shape index (κ1) is 47.1. The van der Waals surface area contributed by atoms with Gasteiger partial charge in [0.05, 0.1) is 22.3 Å². The van der Waals surface area contributed by atoms with Crippen LogP contribution in [0.3, 0.4) is 0 Å². The molecule has 0 radical (unpaired) electrons. The molecule has 67 heavy (non-hydrogen) atoms. The van der Waals surface area contributed by atoms with Gasteiger partial charge in [-0.05, 0) is 60.7 Å². The van der Waals surface area contributed by atoms with Crippen LogP contribution in [-0.4, -0.2) is 148 Å². The highest BCUT2D eigenvalue weighted by molar-refractivity contribution is 6.05. The summed E-state index contributed by atoms with van der Waals surface area (Å²) in [6, 6.07) is 4.81. The molecule has 0 aliphatic carbocycles. The summed E-state index contributed by atoms with van der Waals surface area (Å²) in [6.45, 7) is -1.38. The number of phenolic OH excluding ortho intramolecular Hbond substituents is 15. The van der Waals surface area contributed by atoms with E-state index in [4.69, 9.17) is 23.7 Å². The number of aromatic hydroxyl groups is 15. The van der Waals surface area contributed by atoms with E-state index in [1.165, 1.54) is 0 Å². The first-order valence-electron chi connectivity index (χ1n) is 18.3. The molecule has 26 heteroatoms. The standard InChI is InChI=1S/C41H32O26/c42-17-1-12(2-18(43)28(17)52)34(57)41(62)35(66-38(60)15-7-23(48)31(55)24(49)8-15)33(65-37(59)14-5-21(46)30(54)22(47)6-14)27(11-63-36(58)13-3-19(44)29(53)20(45)4-13)64-40(41)67-39(61)16-9-25(50)32(56)26(51)10-16/h1-10,27,33,35,40,42-56,62H,11H2/t27-,33-,35+,40+,41-/m1/s1. The van der Waals surface area contributed by atoms with Crippen LogP contribution in [0.4, 0.5) is 0 Å². The second-order valence-corrected chi connectivity index (χ2v) is 14.2. The smallest absolute Gasteiger partial charge is 0.340 e. The minimum absolute atomic E-state index is 0.387. The number of Topliss-reactive ketones (excluding diaryl/α,β-unsaturated/α-hetero) is 1. The van der Waals surface area contributed by atoms with Crippen LogP contribution >= 0.6 is 0 Å². The van der Waals surface area contributed by atoms with Gasteiger partial charge in [0.1, 0.15) is 12.7 Å². The molecule has 1 aliphatic rings. The summed E-state index contributed by atoms with van der Waals surface area (Å²) in [5.41, 5.74) is -8.48. The van der Waals surface area contributed by atoms with Gasteiger partial charge in [-0.25, -0.2) is 19.2 Å². The van der Waals surface area contributed by atoms with E-state index in [0.717, 1.165) is 0 Å². The third-order valence-electron chi connectivity index (χ3n) is 9.74. The van der Waals surface area contributed by atoms with Crippen LogP contribution in [0.1, 0.15) is 51.8 Å². The Morgan fingerprint density at radius 2 is 0.701 bits per heavy atom. The fourth-order valence-corrected chi connectivity index (χ4v) is 6.34. The van der Waals surface area contributed by atoms with Crippen molar-refractivity contribution >= 4 is 29.7 Å². The Balaban J connectivity index is 1.58. The van der Waals surface area contributed by atoms with Gasteiger partial charge >= 0.3 is 23.9 Å². The Labute approximate surface area is 370 Å². The van der Waals surface area contributed by atoms with Crippen LogP contribution in [0.5, 0.6) is 86.2 Å². The Kier molecular flexibility index (Phi) is 12.4. The van der Waals surface area contributed by atoms with E-state index in [1.807, 2.05) is 0 Å². The molecule has 0 unspecified atom stereocenters. The average Bonchev–Trinajstić information content (AvgIpc) is 3.27. The average molecular weight is 941 g/mol. The van der Waals surface area contributed by atoms with Crippen LogP contribution in [0.25, 0.3) is 0 Å². The molecule has 1 saturated heterocycles. The highest BCUT2D eigenvalue weighted by atomic mass is 16.7. The van der Waals surface area contributed by atoms with E-state index >= 15 is 0 Å². The number of ether oxygens (including phenoxy) is 5. The molecule has 352 valence electrons. The van der Waals surface area contributed by atoms with Gasteiger partial charge in [-0.1, -0.05) is 0 Å². The van der Waals surface area contributed by atoms with Crippen molar-refractivity contribution in [3.8, 4) is 86.2 Å². The van der Waals surface area contributed by atoms with Crippen molar-refractivity contribution in [1.29, 1.82) is 0 Å². The largest absolute Gasteiger partial charge is 0.504 e. The van der Waals surface area contributed by atoms with Crippen LogP contribution in [0, 0.1) is 0 Å². The van der Waals surface area contributed by atoms with E-state index in [0.29, 0.717) is 60.7 Å². The monoisotopic (exact) mass is 940 g/mol. The Morgan fingerprint density at radius 1 is 0.418 bits per heavy atom. The topological polar surface area (TPSA) is 455 Å². The number of ketones is 1. The molecule has 5 aromatic rings. The number of esters is 4. The molecule has 1 aliphatic heterocycles. The van der Waals surface area contributed by atoms with E-state index in [-0.39, 0.29) is 0 Å². The van der Waals surface area contributed by atoms with Crippen LogP contribution < -0.4 is 0 Å². The number of phenols is 15. The quantitative estimate of drug-likeness (QED) is 0.0381. The second kappa shape index (κ2) is 17.6. The molecule has 6 rings (SSSR count). The number of carbonyl (C=O) groups excluding carboxylic acids is 5. The fraction of sp³-hybridized carbons (Fsp3) is 0.146. The van der Waals surface area contributed by atoms with Crippen molar-refractivity contribution in [2.45, 2.75) is 30.2 Å². The lowest BCUT2D eigenvalue weighted by Crippen LogP contribution is -2.72. The van der Waals surface area contributed by atoms with Gasteiger partial charge in [-0.2, -0.15) is 0 Å². The number of rotatable bonds is 11. The minimum Gasteiger partial charge on any atom is -0.504 e. The molecular formula is C41H32O26. The second-order valence-electron chi connectivity index (χ2n) is 14.2.